The minimum absolute atomic E-state index is 0.115. The van der Waals surface area contributed by atoms with Crippen LogP contribution in [0.3, 0.4) is 0 Å². The molecule has 1 aliphatic heterocycles. The average Bonchev–Trinajstić information content (AvgIpc) is 3.11. The highest BCUT2D eigenvalue weighted by Crippen LogP contribution is 2.20. The van der Waals surface area contributed by atoms with Gasteiger partial charge in [-0.2, -0.15) is 0 Å². The smallest absolute Gasteiger partial charge is 0.328 e. The zero-order chi connectivity index (χ0) is 23.2. The molecule has 30 heavy (non-hydrogen) atoms. The fourth-order valence-electron chi connectivity index (χ4n) is 3.05. The number of nitrogens with two attached hydrogens (primary N) is 1. The molecule has 3 amide bonds. The number of hydrogen-bond donors (Lipinski definition) is 7. The van der Waals surface area contributed by atoms with Crippen LogP contribution in [0, 0.1) is 0 Å². The zero-order valence-electron chi connectivity index (χ0n) is 16.6. The molecule has 6 atom stereocenters. The summed E-state index contributed by atoms with van der Waals surface area (Å²) in [6.07, 6.45) is -2.82. The Bertz CT molecular complexity index is 682. The Morgan fingerprint density at radius 3 is 2.07 bits per heavy atom. The first-order chi connectivity index (χ1) is 13.9. The monoisotopic (exact) mass is 432 g/mol. The van der Waals surface area contributed by atoms with Crippen molar-refractivity contribution in [2.24, 2.45) is 5.73 Å². The number of aliphatic hydroxyl groups excluding tert-OH is 2. The number of aliphatic hydroxyl groups is 2. The quantitative estimate of drug-likeness (QED) is 0.181. The van der Waals surface area contributed by atoms with Gasteiger partial charge in [-0.3, -0.25) is 19.2 Å². The number of amides is 3. The van der Waals surface area contributed by atoms with Gasteiger partial charge in [0, 0.05) is 6.54 Å². The first-order valence-electron chi connectivity index (χ1n) is 9.34. The molecule has 0 aromatic heterocycles. The summed E-state index contributed by atoms with van der Waals surface area (Å²) in [7, 11) is 0. The minimum Gasteiger partial charge on any atom is -0.481 e. The van der Waals surface area contributed by atoms with Gasteiger partial charge in [0.1, 0.15) is 12.1 Å². The highest BCUT2D eigenvalue weighted by atomic mass is 16.4. The minimum atomic E-state index is -1.57. The van der Waals surface area contributed by atoms with Gasteiger partial charge >= 0.3 is 11.9 Å². The summed E-state index contributed by atoms with van der Waals surface area (Å²) in [6, 6.07) is -5.57. The maximum atomic E-state index is 12.9. The molecule has 0 aromatic carbocycles. The van der Waals surface area contributed by atoms with Crippen LogP contribution in [0.4, 0.5) is 0 Å². The van der Waals surface area contributed by atoms with Crippen LogP contribution < -0.4 is 16.4 Å². The summed E-state index contributed by atoms with van der Waals surface area (Å²) < 4.78 is 0. The second-order valence-electron chi connectivity index (χ2n) is 7.19. The summed E-state index contributed by atoms with van der Waals surface area (Å²) in [6.45, 7) is 2.53. The summed E-state index contributed by atoms with van der Waals surface area (Å²) in [5.41, 5.74) is 5.46. The number of aliphatic carboxylic acids is 2. The zero-order valence-corrected chi connectivity index (χ0v) is 16.6. The van der Waals surface area contributed by atoms with Gasteiger partial charge in [-0.15, -0.1) is 0 Å². The summed E-state index contributed by atoms with van der Waals surface area (Å²) in [5.74, 6) is -5.33. The number of likely N-dealkylation sites (tertiary alicyclic amines) is 1. The standard InChI is InChI=1S/C17H28N4O9/c1-7(22)12(19-14(26)9(18)6-11(24)25)16(28)21-5-3-4-10(21)15(27)20-13(8(2)23)17(29)30/h7-10,12-13,22-23H,3-6,18H2,1-2H3,(H,19,26)(H,20,27)(H,24,25)(H,29,30). The molecule has 13 nitrogen and oxygen atoms in total. The van der Waals surface area contributed by atoms with E-state index in [9.17, 15) is 34.2 Å². The normalized spacial score (nSPS) is 21.1. The van der Waals surface area contributed by atoms with E-state index in [0.29, 0.717) is 6.42 Å². The molecule has 0 aromatic rings. The summed E-state index contributed by atoms with van der Waals surface area (Å²) in [4.78, 5) is 60.4. The third-order valence-electron chi connectivity index (χ3n) is 4.66. The van der Waals surface area contributed by atoms with E-state index >= 15 is 0 Å². The van der Waals surface area contributed by atoms with Crippen molar-refractivity contribution in [3.8, 4) is 0 Å². The highest BCUT2D eigenvalue weighted by molar-refractivity contribution is 5.95. The molecule has 170 valence electrons. The van der Waals surface area contributed by atoms with Crippen molar-refractivity contribution in [1.29, 1.82) is 0 Å². The molecular weight excluding hydrogens is 404 g/mol. The Balaban J connectivity index is 2.93. The van der Waals surface area contributed by atoms with Crippen molar-refractivity contribution in [3.05, 3.63) is 0 Å². The van der Waals surface area contributed by atoms with Crippen molar-refractivity contribution in [2.45, 2.75) is 69.5 Å². The third-order valence-corrected chi connectivity index (χ3v) is 4.66. The molecule has 1 fully saturated rings. The summed E-state index contributed by atoms with van der Waals surface area (Å²) >= 11 is 0. The van der Waals surface area contributed by atoms with E-state index in [4.69, 9.17) is 15.9 Å². The Morgan fingerprint density at radius 1 is 1.03 bits per heavy atom. The van der Waals surface area contributed by atoms with Crippen LogP contribution in [0.2, 0.25) is 0 Å². The van der Waals surface area contributed by atoms with Crippen molar-refractivity contribution >= 4 is 29.7 Å². The Kier molecular flexibility index (Phi) is 9.14. The van der Waals surface area contributed by atoms with Crippen LogP contribution in [-0.4, -0.2) is 97.9 Å². The number of rotatable bonds is 10. The molecule has 6 unspecified atom stereocenters. The fourth-order valence-corrected chi connectivity index (χ4v) is 3.05. The van der Waals surface area contributed by atoms with E-state index in [2.05, 4.69) is 10.6 Å². The lowest BCUT2D eigenvalue weighted by molar-refractivity contribution is -0.147. The van der Waals surface area contributed by atoms with Crippen molar-refractivity contribution in [2.75, 3.05) is 6.54 Å². The second-order valence-corrected chi connectivity index (χ2v) is 7.19. The lowest BCUT2D eigenvalue weighted by Crippen LogP contribution is -2.60. The number of nitrogens with one attached hydrogen (secondary N) is 2. The van der Waals surface area contributed by atoms with Crippen LogP contribution >= 0.6 is 0 Å². The van der Waals surface area contributed by atoms with E-state index in [1.165, 1.54) is 13.8 Å². The number of carboxylic acids is 2. The number of carbonyl (C=O) groups excluding carboxylic acids is 3. The molecule has 1 heterocycles. The molecule has 0 bridgehead atoms. The molecule has 0 saturated carbocycles. The van der Waals surface area contributed by atoms with Gasteiger partial charge in [-0.25, -0.2) is 4.79 Å². The van der Waals surface area contributed by atoms with Crippen LogP contribution in [-0.2, 0) is 24.0 Å². The number of hydrogen-bond acceptors (Lipinski definition) is 8. The van der Waals surface area contributed by atoms with Crippen molar-refractivity contribution in [1.82, 2.24) is 15.5 Å². The van der Waals surface area contributed by atoms with E-state index in [-0.39, 0.29) is 13.0 Å². The molecule has 0 radical (unpaired) electrons. The molecule has 0 aliphatic carbocycles. The predicted molar refractivity (Wildman–Crippen MR) is 99.8 cm³/mol. The molecule has 0 spiro atoms. The van der Waals surface area contributed by atoms with Crippen molar-refractivity contribution in [3.63, 3.8) is 0 Å². The van der Waals surface area contributed by atoms with Gasteiger partial charge in [0.05, 0.1) is 24.7 Å². The Labute approximate surface area is 172 Å². The average molecular weight is 432 g/mol. The van der Waals surface area contributed by atoms with Gasteiger partial charge in [-0.05, 0) is 26.7 Å². The lowest BCUT2D eigenvalue weighted by atomic mass is 10.1. The maximum absolute atomic E-state index is 12.9. The van der Waals surface area contributed by atoms with Gasteiger partial charge in [0.2, 0.25) is 17.7 Å². The topological polar surface area (TPSA) is 220 Å². The second kappa shape index (κ2) is 10.8. The van der Waals surface area contributed by atoms with Crippen LogP contribution in [0.25, 0.3) is 0 Å². The Hall–Kier alpha value is -2.77. The maximum Gasteiger partial charge on any atom is 0.328 e. The van der Waals surface area contributed by atoms with Gasteiger partial charge in [-0.1, -0.05) is 0 Å². The summed E-state index contributed by atoms with van der Waals surface area (Å²) in [5, 5.41) is 41.6. The van der Waals surface area contributed by atoms with E-state index in [1.807, 2.05) is 0 Å². The number of carboxylic acid groups (broad SMARTS) is 2. The Morgan fingerprint density at radius 2 is 1.60 bits per heavy atom. The van der Waals surface area contributed by atoms with E-state index in [1.54, 1.807) is 0 Å². The van der Waals surface area contributed by atoms with Crippen LogP contribution in [0.15, 0.2) is 0 Å². The molecule has 1 saturated heterocycles. The van der Waals surface area contributed by atoms with Crippen LogP contribution in [0.5, 0.6) is 0 Å². The first kappa shape index (κ1) is 25.3. The molecule has 8 N–H and O–H groups in total. The number of carbonyl (C=O) groups is 5. The lowest BCUT2D eigenvalue weighted by Gasteiger charge is -2.31. The third kappa shape index (κ3) is 6.64. The molecular formula is C17H28N4O9. The molecule has 1 aliphatic rings. The molecule has 13 heteroatoms. The first-order valence-corrected chi connectivity index (χ1v) is 9.34. The van der Waals surface area contributed by atoms with Crippen LogP contribution in [0.1, 0.15) is 33.1 Å². The SMILES string of the molecule is CC(O)C(NC(=O)C1CCCN1C(=O)C(NC(=O)C(N)CC(=O)O)C(C)O)C(=O)O. The van der Waals surface area contributed by atoms with E-state index < -0.39 is 72.5 Å². The van der Waals surface area contributed by atoms with E-state index in [0.717, 1.165) is 4.90 Å². The molecule has 1 rings (SSSR count). The van der Waals surface area contributed by atoms with Gasteiger partial charge < -0.3 is 41.7 Å². The van der Waals surface area contributed by atoms with Crippen molar-refractivity contribution < 1.29 is 44.4 Å². The predicted octanol–water partition coefficient (Wildman–Crippen LogP) is -3.40. The largest absolute Gasteiger partial charge is 0.481 e. The fraction of sp³-hybridized carbons (Fsp3) is 0.706. The highest BCUT2D eigenvalue weighted by Gasteiger charge is 2.41. The number of nitrogens with zero attached hydrogens (tertiary/aromatic N) is 1. The van der Waals surface area contributed by atoms with Gasteiger partial charge in [0.15, 0.2) is 6.04 Å². The van der Waals surface area contributed by atoms with Gasteiger partial charge in [0.25, 0.3) is 0 Å².